The van der Waals surface area contributed by atoms with Gasteiger partial charge in [-0.2, -0.15) is 19.6 Å². The molecule has 0 saturated carbocycles. The van der Waals surface area contributed by atoms with Crippen molar-refractivity contribution in [2.45, 2.75) is 58.5 Å². The third kappa shape index (κ3) is 4.30. The Morgan fingerprint density at radius 1 is 1.23 bits per heavy atom. The molecule has 0 radical (unpaired) electrons. The van der Waals surface area contributed by atoms with E-state index in [1.807, 2.05) is 25.1 Å². The van der Waals surface area contributed by atoms with Crippen molar-refractivity contribution in [3.8, 4) is 11.8 Å². The van der Waals surface area contributed by atoms with Crippen LogP contribution >= 0.6 is 0 Å². The SMILES string of the molecule is CCOc1ccccc1[C@H](C)c1nn2c(N)nc(O[C@@H]3CCCNC3)nc2c1C(C)C. The molecule has 1 aliphatic heterocycles. The minimum atomic E-state index is 0.00756. The molecule has 0 unspecified atom stereocenters. The molecule has 1 aliphatic rings. The molecule has 166 valence electrons. The van der Waals surface area contributed by atoms with E-state index in [-0.39, 0.29) is 23.9 Å². The monoisotopic (exact) mass is 424 g/mol. The molecular formula is C23H32N6O2. The van der Waals surface area contributed by atoms with Crippen molar-refractivity contribution in [2.75, 3.05) is 25.4 Å². The van der Waals surface area contributed by atoms with E-state index in [0.29, 0.717) is 18.3 Å². The molecule has 2 atom stereocenters. The van der Waals surface area contributed by atoms with Crippen LogP contribution in [-0.4, -0.2) is 45.4 Å². The highest BCUT2D eigenvalue weighted by molar-refractivity contribution is 5.58. The summed E-state index contributed by atoms with van der Waals surface area (Å²) in [5, 5.41) is 8.19. The average Bonchev–Trinajstić information content (AvgIpc) is 3.15. The summed E-state index contributed by atoms with van der Waals surface area (Å²) in [6, 6.07) is 8.41. The lowest BCUT2D eigenvalue weighted by atomic mass is 9.90. The van der Waals surface area contributed by atoms with Crippen LogP contribution in [0.4, 0.5) is 5.95 Å². The molecule has 8 heteroatoms. The number of nitrogen functional groups attached to an aromatic ring is 1. The van der Waals surface area contributed by atoms with E-state index in [0.717, 1.165) is 48.5 Å². The summed E-state index contributed by atoms with van der Waals surface area (Å²) in [7, 11) is 0. The summed E-state index contributed by atoms with van der Waals surface area (Å²) in [6.45, 7) is 10.8. The highest BCUT2D eigenvalue weighted by Gasteiger charge is 2.27. The Morgan fingerprint density at radius 3 is 2.74 bits per heavy atom. The largest absolute Gasteiger partial charge is 0.494 e. The third-order valence-electron chi connectivity index (χ3n) is 5.75. The van der Waals surface area contributed by atoms with Gasteiger partial charge in [-0.05, 0) is 38.3 Å². The smallest absolute Gasteiger partial charge is 0.322 e. The van der Waals surface area contributed by atoms with E-state index < -0.39 is 0 Å². The highest BCUT2D eigenvalue weighted by Crippen LogP contribution is 2.37. The second-order valence-electron chi connectivity index (χ2n) is 8.33. The summed E-state index contributed by atoms with van der Waals surface area (Å²) < 4.78 is 13.6. The van der Waals surface area contributed by atoms with Gasteiger partial charge in [0.15, 0.2) is 5.65 Å². The van der Waals surface area contributed by atoms with Crippen molar-refractivity contribution in [1.82, 2.24) is 24.9 Å². The van der Waals surface area contributed by atoms with Crippen LogP contribution in [0.5, 0.6) is 11.8 Å². The summed E-state index contributed by atoms with van der Waals surface area (Å²) in [4.78, 5) is 9.12. The fourth-order valence-corrected chi connectivity index (χ4v) is 4.23. The Morgan fingerprint density at radius 2 is 2.03 bits per heavy atom. The molecule has 3 heterocycles. The molecule has 8 nitrogen and oxygen atoms in total. The predicted octanol–water partition coefficient (Wildman–Crippen LogP) is 3.51. The molecule has 0 spiro atoms. The van der Waals surface area contributed by atoms with E-state index >= 15 is 0 Å². The van der Waals surface area contributed by atoms with Crippen LogP contribution in [0, 0.1) is 0 Å². The first-order valence-corrected chi connectivity index (χ1v) is 11.1. The molecule has 0 bridgehead atoms. The maximum Gasteiger partial charge on any atom is 0.322 e. The molecule has 3 aromatic rings. The maximum atomic E-state index is 6.29. The van der Waals surface area contributed by atoms with Gasteiger partial charge < -0.3 is 20.5 Å². The molecule has 1 aromatic carbocycles. The Hall–Kier alpha value is -2.87. The minimum absolute atomic E-state index is 0.00756. The van der Waals surface area contributed by atoms with Gasteiger partial charge in [-0.15, -0.1) is 0 Å². The molecule has 1 fully saturated rings. The first-order chi connectivity index (χ1) is 15.0. The fourth-order valence-electron chi connectivity index (χ4n) is 4.23. The Kier molecular flexibility index (Phi) is 6.27. The summed E-state index contributed by atoms with van der Waals surface area (Å²) in [5.74, 6) is 1.36. The maximum absolute atomic E-state index is 6.29. The topological polar surface area (TPSA) is 99.6 Å². The Bertz CT molecular complexity index is 1040. The zero-order chi connectivity index (χ0) is 22.0. The Labute approximate surface area is 183 Å². The molecular weight excluding hydrogens is 392 g/mol. The van der Waals surface area contributed by atoms with Gasteiger partial charge in [0.25, 0.3) is 0 Å². The normalized spacial score (nSPS) is 17.8. The highest BCUT2D eigenvalue weighted by atomic mass is 16.5. The molecule has 0 aliphatic carbocycles. The van der Waals surface area contributed by atoms with Gasteiger partial charge in [0.2, 0.25) is 5.95 Å². The summed E-state index contributed by atoms with van der Waals surface area (Å²) >= 11 is 0. The summed E-state index contributed by atoms with van der Waals surface area (Å²) in [6.07, 6.45) is 2.11. The van der Waals surface area contributed by atoms with Crippen molar-refractivity contribution < 1.29 is 9.47 Å². The third-order valence-corrected chi connectivity index (χ3v) is 5.75. The molecule has 31 heavy (non-hydrogen) atoms. The molecule has 4 rings (SSSR count). The van der Waals surface area contributed by atoms with Crippen LogP contribution in [0.3, 0.4) is 0 Å². The van der Waals surface area contributed by atoms with Gasteiger partial charge in [0, 0.05) is 23.6 Å². The first-order valence-electron chi connectivity index (χ1n) is 11.1. The number of nitrogens with one attached hydrogen (secondary N) is 1. The number of nitrogens with zero attached hydrogens (tertiary/aromatic N) is 4. The number of para-hydroxylation sites is 1. The zero-order valence-corrected chi connectivity index (χ0v) is 18.8. The van der Waals surface area contributed by atoms with Gasteiger partial charge in [-0.1, -0.05) is 39.0 Å². The van der Waals surface area contributed by atoms with Gasteiger partial charge in [0.1, 0.15) is 11.9 Å². The van der Waals surface area contributed by atoms with E-state index in [1.54, 1.807) is 4.52 Å². The van der Waals surface area contributed by atoms with Crippen LogP contribution in [0.25, 0.3) is 5.65 Å². The number of fused-ring (bicyclic) bond motifs is 1. The zero-order valence-electron chi connectivity index (χ0n) is 18.8. The van der Waals surface area contributed by atoms with E-state index in [9.17, 15) is 0 Å². The lowest BCUT2D eigenvalue weighted by Crippen LogP contribution is -2.37. The van der Waals surface area contributed by atoms with Crippen molar-refractivity contribution in [3.05, 3.63) is 41.1 Å². The van der Waals surface area contributed by atoms with Crippen LogP contribution in [0.15, 0.2) is 24.3 Å². The number of anilines is 1. The first kappa shape index (κ1) is 21.4. The van der Waals surface area contributed by atoms with E-state index in [4.69, 9.17) is 25.3 Å². The van der Waals surface area contributed by atoms with Crippen molar-refractivity contribution in [1.29, 1.82) is 0 Å². The fraction of sp³-hybridized carbons (Fsp3) is 0.522. The number of nitrogens with two attached hydrogens (primary N) is 1. The number of ether oxygens (including phenoxy) is 2. The van der Waals surface area contributed by atoms with Gasteiger partial charge in [-0.3, -0.25) is 0 Å². The minimum Gasteiger partial charge on any atom is -0.494 e. The summed E-state index contributed by atoms with van der Waals surface area (Å²) in [5.41, 5.74) is 10.1. The van der Waals surface area contributed by atoms with E-state index in [1.165, 1.54) is 0 Å². The Balaban J connectivity index is 1.77. The van der Waals surface area contributed by atoms with Crippen LogP contribution in [0.1, 0.15) is 69.2 Å². The second-order valence-corrected chi connectivity index (χ2v) is 8.33. The number of piperidine rings is 1. The molecule has 2 aromatic heterocycles. The molecule has 1 saturated heterocycles. The van der Waals surface area contributed by atoms with Crippen LogP contribution < -0.4 is 20.5 Å². The lowest BCUT2D eigenvalue weighted by molar-refractivity contribution is 0.153. The van der Waals surface area contributed by atoms with Gasteiger partial charge >= 0.3 is 6.01 Å². The molecule has 0 amide bonds. The van der Waals surface area contributed by atoms with Crippen LogP contribution in [0.2, 0.25) is 0 Å². The molecule has 3 N–H and O–H groups in total. The van der Waals surface area contributed by atoms with E-state index in [2.05, 4.69) is 37.1 Å². The van der Waals surface area contributed by atoms with Crippen LogP contribution in [-0.2, 0) is 0 Å². The van der Waals surface area contributed by atoms with Crippen molar-refractivity contribution in [3.63, 3.8) is 0 Å². The quantitative estimate of drug-likeness (QED) is 0.599. The number of rotatable bonds is 7. The number of hydrogen-bond acceptors (Lipinski definition) is 7. The number of benzene rings is 1. The van der Waals surface area contributed by atoms with Gasteiger partial charge in [-0.25, -0.2) is 0 Å². The average molecular weight is 425 g/mol. The number of hydrogen-bond donors (Lipinski definition) is 2. The number of aromatic nitrogens is 4. The second kappa shape index (κ2) is 9.09. The van der Waals surface area contributed by atoms with Gasteiger partial charge in [0.05, 0.1) is 12.3 Å². The van der Waals surface area contributed by atoms with Crippen molar-refractivity contribution >= 4 is 11.6 Å². The van der Waals surface area contributed by atoms with Crippen molar-refractivity contribution in [2.24, 2.45) is 0 Å². The predicted molar refractivity (Wildman–Crippen MR) is 121 cm³/mol. The standard InChI is InChI=1S/C23H32N6O2/c1-5-30-18-11-7-6-10-17(18)15(4)20-19(14(2)3)21-26-23(27-22(24)29(21)28-20)31-16-9-8-12-25-13-16/h6-7,10-11,14-16,25H,5,8-9,12-13H2,1-4H3,(H2,24,26,27)/t15-,16+/m0/s1. The lowest BCUT2D eigenvalue weighted by Gasteiger charge is -2.22.